The molecule has 0 radical (unpaired) electrons. The molecule has 0 aliphatic rings. The Hall–Kier alpha value is -1.07. The van der Waals surface area contributed by atoms with Crippen LogP contribution in [0.15, 0.2) is 28.7 Å². The Morgan fingerprint density at radius 2 is 1.95 bits per heavy atom. The van der Waals surface area contributed by atoms with Crippen LogP contribution in [0.25, 0.3) is 11.0 Å². The van der Waals surface area contributed by atoms with Crippen molar-refractivity contribution in [3.05, 3.63) is 35.0 Å². The molecule has 1 atom stereocenters. The maximum Gasteiger partial charge on any atom is 0.190 e. The van der Waals surface area contributed by atoms with Crippen LogP contribution in [0, 0.1) is 0 Å². The molecule has 0 spiro atoms. The fourth-order valence-electron chi connectivity index (χ4n) is 1.89. The minimum absolute atomic E-state index is 0.384. The Kier molecular flexibility index (Phi) is 4.82. The van der Waals surface area contributed by atoms with Crippen LogP contribution < -0.4 is 0 Å². The third kappa shape index (κ3) is 3.09. The van der Waals surface area contributed by atoms with Crippen molar-refractivity contribution in [2.75, 3.05) is 13.2 Å². The topological polar surface area (TPSA) is 51.8 Å². The van der Waals surface area contributed by atoms with Crippen LogP contribution in [0.5, 0.6) is 0 Å². The molecule has 0 aliphatic heterocycles. The van der Waals surface area contributed by atoms with Crippen molar-refractivity contribution in [1.82, 2.24) is 0 Å². The second-order valence-electron chi connectivity index (χ2n) is 4.03. The monoisotopic (exact) mass is 284 g/mol. The van der Waals surface area contributed by atoms with Gasteiger partial charge in [-0.05, 0) is 26.0 Å². The maximum atomic E-state index is 10.2. The molecule has 1 heterocycles. The number of furan rings is 1. The molecule has 2 rings (SSSR count). The first-order valence-corrected chi connectivity index (χ1v) is 6.64. The first-order valence-electron chi connectivity index (χ1n) is 6.26. The number of aliphatic hydroxyl groups excluding tert-OH is 1. The van der Waals surface area contributed by atoms with Crippen molar-refractivity contribution >= 4 is 22.6 Å². The van der Waals surface area contributed by atoms with E-state index in [1.54, 1.807) is 12.1 Å². The standard InChI is InChI=1S/C14H17ClO4/c1-3-17-14(18-4-2)12(16)11-8-9-6-5-7-10(15)13(9)19-11/h5-8,12,14,16H,3-4H2,1-2H3. The van der Waals surface area contributed by atoms with Crippen molar-refractivity contribution < 1.29 is 19.0 Å². The summed E-state index contributed by atoms with van der Waals surface area (Å²) in [5, 5.41) is 11.6. The van der Waals surface area contributed by atoms with Gasteiger partial charge in [-0.1, -0.05) is 23.7 Å². The number of fused-ring (bicyclic) bond motifs is 1. The van der Waals surface area contributed by atoms with Gasteiger partial charge < -0.3 is 19.0 Å². The molecule has 0 fully saturated rings. The highest BCUT2D eigenvalue weighted by molar-refractivity contribution is 6.34. The van der Waals surface area contributed by atoms with E-state index in [2.05, 4.69) is 0 Å². The van der Waals surface area contributed by atoms with Crippen LogP contribution in [-0.2, 0) is 9.47 Å². The molecule has 1 N–H and O–H groups in total. The third-order valence-corrected chi connectivity index (χ3v) is 3.02. The van der Waals surface area contributed by atoms with Gasteiger partial charge >= 0.3 is 0 Å². The van der Waals surface area contributed by atoms with E-state index in [1.807, 2.05) is 26.0 Å². The third-order valence-electron chi connectivity index (χ3n) is 2.73. The Bertz CT molecular complexity index is 531. The maximum absolute atomic E-state index is 10.2. The Morgan fingerprint density at radius 3 is 2.53 bits per heavy atom. The van der Waals surface area contributed by atoms with Gasteiger partial charge in [0, 0.05) is 18.6 Å². The number of hydrogen-bond acceptors (Lipinski definition) is 4. The van der Waals surface area contributed by atoms with E-state index in [9.17, 15) is 5.11 Å². The van der Waals surface area contributed by atoms with E-state index in [4.69, 9.17) is 25.5 Å². The molecular formula is C14H17ClO4. The quantitative estimate of drug-likeness (QED) is 0.825. The predicted octanol–water partition coefficient (Wildman–Crippen LogP) is 3.52. The minimum atomic E-state index is -0.983. The largest absolute Gasteiger partial charge is 0.457 e. The number of benzene rings is 1. The molecule has 1 unspecified atom stereocenters. The zero-order valence-corrected chi connectivity index (χ0v) is 11.7. The Labute approximate surface area is 116 Å². The van der Waals surface area contributed by atoms with Crippen LogP contribution in [0.3, 0.4) is 0 Å². The molecular weight excluding hydrogens is 268 g/mol. The summed E-state index contributed by atoms with van der Waals surface area (Å²) in [6.45, 7) is 4.58. The van der Waals surface area contributed by atoms with Crippen molar-refractivity contribution in [3.8, 4) is 0 Å². The lowest BCUT2D eigenvalue weighted by Crippen LogP contribution is -2.25. The summed E-state index contributed by atoms with van der Waals surface area (Å²) in [5.41, 5.74) is 0.560. The van der Waals surface area contributed by atoms with Crippen LogP contribution in [0.2, 0.25) is 5.02 Å². The smallest absolute Gasteiger partial charge is 0.190 e. The molecule has 0 saturated heterocycles. The average molecular weight is 285 g/mol. The fraction of sp³-hybridized carbons (Fsp3) is 0.429. The van der Waals surface area contributed by atoms with Gasteiger partial charge in [-0.25, -0.2) is 0 Å². The molecule has 4 nitrogen and oxygen atoms in total. The molecule has 0 saturated carbocycles. The molecule has 104 valence electrons. The molecule has 1 aromatic carbocycles. The fourth-order valence-corrected chi connectivity index (χ4v) is 2.11. The van der Waals surface area contributed by atoms with Crippen LogP contribution in [0.4, 0.5) is 0 Å². The summed E-state index contributed by atoms with van der Waals surface area (Å²) in [6, 6.07) is 7.19. The highest BCUT2D eigenvalue weighted by Crippen LogP contribution is 2.31. The van der Waals surface area contributed by atoms with Crippen LogP contribution >= 0.6 is 11.6 Å². The van der Waals surface area contributed by atoms with Gasteiger partial charge in [0.05, 0.1) is 5.02 Å². The summed E-state index contributed by atoms with van der Waals surface area (Å²) in [7, 11) is 0. The van der Waals surface area contributed by atoms with E-state index < -0.39 is 12.4 Å². The van der Waals surface area contributed by atoms with Gasteiger partial charge in [-0.3, -0.25) is 0 Å². The minimum Gasteiger partial charge on any atom is -0.457 e. The van der Waals surface area contributed by atoms with Gasteiger partial charge in [-0.2, -0.15) is 0 Å². The molecule has 19 heavy (non-hydrogen) atoms. The van der Waals surface area contributed by atoms with E-state index in [1.165, 1.54) is 0 Å². The number of rotatable bonds is 6. The number of para-hydroxylation sites is 1. The highest BCUT2D eigenvalue weighted by Gasteiger charge is 2.25. The van der Waals surface area contributed by atoms with Gasteiger partial charge in [-0.15, -0.1) is 0 Å². The van der Waals surface area contributed by atoms with Crippen molar-refractivity contribution in [2.24, 2.45) is 0 Å². The van der Waals surface area contributed by atoms with Crippen molar-refractivity contribution in [3.63, 3.8) is 0 Å². The lowest BCUT2D eigenvalue weighted by Gasteiger charge is -2.20. The summed E-state index contributed by atoms with van der Waals surface area (Å²) in [4.78, 5) is 0. The zero-order valence-electron chi connectivity index (χ0n) is 10.9. The van der Waals surface area contributed by atoms with Crippen LogP contribution in [0.1, 0.15) is 25.7 Å². The zero-order chi connectivity index (χ0) is 13.8. The molecule has 1 aromatic heterocycles. The summed E-state index contributed by atoms with van der Waals surface area (Å²) in [6.07, 6.45) is -1.72. The molecule has 0 aliphatic carbocycles. The average Bonchev–Trinajstić information content (AvgIpc) is 2.83. The van der Waals surface area contributed by atoms with Gasteiger partial charge in [0.15, 0.2) is 18.0 Å². The number of halogens is 1. The Balaban J connectivity index is 2.29. The van der Waals surface area contributed by atoms with Gasteiger partial charge in [0.25, 0.3) is 0 Å². The van der Waals surface area contributed by atoms with Crippen molar-refractivity contribution in [2.45, 2.75) is 26.2 Å². The molecule has 2 aromatic rings. The second-order valence-corrected chi connectivity index (χ2v) is 4.44. The first-order chi connectivity index (χ1) is 9.17. The number of aliphatic hydroxyl groups is 1. The summed E-state index contributed by atoms with van der Waals surface area (Å²) >= 11 is 6.04. The van der Waals surface area contributed by atoms with Crippen molar-refractivity contribution in [1.29, 1.82) is 0 Å². The summed E-state index contributed by atoms with van der Waals surface area (Å²) in [5.74, 6) is 0.384. The van der Waals surface area contributed by atoms with Crippen LogP contribution in [-0.4, -0.2) is 24.6 Å². The van der Waals surface area contributed by atoms with Gasteiger partial charge in [0.1, 0.15) is 5.76 Å². The lowest BCUT2D eigenvalue weighted by atomic mass is 10.2. The first kappa shape index (κ1) is 14.3. The summed E-state index contributed by atoms with van der Waals surface area (Å²) < 4.78 is 16.3. The van der Waals surface area contributed by atoms with E-state index in [0.717, 1.165) is 5.39 Å². The molecule has 5 heteroatoms. The van der Waals surface area contributed by atoms with E-state index >= 15 is 0 Å². The van der Waals surface area contributed by atoms with Gasteiger partial charge in [0.2, 0.25) is 0 Å². The predicted molar refractivity (Wildman–Crippen MR) is 73.2 cm³/mol. The Morgan fingerprint density at radius 1 is 1.26 bits per heavy atom. The van der Waals surface area contributed by atoms with E-state index in [-0.39, 0.29) is 0 Å². The SMILES string of the molecule is CCOC(OCC)C(O)c1cc2cccc(Cl)c2o1. The molecule has 0 amide bonds. The van der Waals surface area contributed by atoms with E-state index in [0.29, 0.717) is 29.6 Å². The normalized spacial score (nSPS) is 13.3. The second kappa shape index (κ2) is 6.39. The number of ether oxygens (including phenoxy) is 2. The highest BCUT2D eigenvalue weighted by atomic mass is 35.5. The number of hydrogen-bond donors (Lipinski definition) is 1. The lowest BCUT2D eigenvalue weighted by molar-refractivity contribution is -0.195. The molecule has 0 bridgehead atoms.